The normalized spacial score (nSPS) is 17.9. The van der Waals surface area contributed by atoms with Crippen LogP contribution in [0.4, 0.5) is 9.18 Å². The van der Waals surface area contributed by atoms with Gasteiger partial charge in [0.1, 0.15) is 11.4 Å². The Morgan fingerprint density at radius 2 is 1.91 bits per heavy atom. The Hall–Kier alpha value is -1.14. The standard InChI is InChI=1S/C17H23BrFNO3/c1-16(2,3)23-15(21)20-9-7-17(22-4,8-10-20)12-5-6-13(18)14(19)11-12/h5-6,11H,7-10H2,1-4H3. The molecule has 1 fully saturated rings. The molecule has 0 bridgehead atoms. The summed E-state index contributed by atoms with van der Waals surface area (Å²) in [6.45, 7) is 6.57. The summed E-state index contributed by atoms with van der Waals surface area (Å²) >= 11 is 3.16. The molecule has 1 heterocycles. The number of benzene rings is 1. The lowest BCUT2D eigenvalue weighted by molar-refractivity contribution is -0.0652. The van der Waals surface area contributed by atoms with E-state index in [4.69, 9.17) is 9.47 Å². The van der Waals surface area contributed by atoms with E-state index >= 15 is 0 Å². The predicted octanol–water partition coefficient (Wildman–Crippen LogP) is 4.46. The number of hydrogen-bond donors (Lipinski definition) is 0. The molecule has 0 N–H and O–H groups in total. The highest BCUT2D eigenvalue weighted by atomic mass is 79.9. The van der Waals surface area contributed by atoms with Crippen molar-refractivity contribution >= 4 is 22.0 Å². The van der Waals surface area contributed by atoms with Gasteiger partial charge in [0.2, 0.25) is 0 Å². The second kappa shape index (κ2) is 6.77. The topological polar surface area (TPSA) is 38.8 Å². The van der Waals surface area contributed by atoms with Gasteiger partial charge in [0.25, 0.3) is 0 Å². The van der Waals surface area contributed by atoms with Crippen LogP contribution in [0.3, 0.4) is 0 Å². The van der Waals surface area contributed by atoms with E-state index in [-0.39, 0.29) is 11.9 Å². The van der Waals surface area contributed by atoms with E-state index < -0.39 is 11.2 Å². The molecule has 0 atom stereocenters. The molecule has 0 aromatic heterocycles. The Balaban J connectivity index is 2.10. The van der Waals surface area contributed by atoms with Gasteiger partial charge in [-0.3, -0.25) is 0 Å². The number of carbonyl (C=O) groups is 1. The first-order chi connectivity index (χ1) is 10.7. The molecular weight excluding hydrogens is 365 g/mol. The number of methoxy groups -OCH3 is 1. The third-order valence-corrected chi connectivity index (χ3v) is 4.70. The molecule has 6 heteroatoms. The van der Waals surface area contributed by atoms with Gasteiger partial charge >= 0.3 is 6.09 Å². The van der Waals surface area contributed by atoms with Crippen LogP contribution >= 0.6 is 15.9 Å². The zero-order valence-corrected chi connectivity index (χ0v) is 15.6. The lowest BCUT2D eigenvalue weighted by atomic mass is 9.84. The first kappa shape index (κ1) is 18.2. The number of amides is 1. The maximum absolute atomic E-state index is 13.8. The van der Waals surface area contributed by atoms with Gasteiger partial charge in [-0.25, -0.2) is 9.18 Å². The summed E-state index contributed by atoms with van der Waals surface area (Å²) in [4.78, 5) is 13.8. The lowest BCUT2D eigenvalue weighted by Crippen LogP contribution is -2.47. The Morgan fingerprint density at radius 1 is 1.30 bits per heavy atom. The minimum absolute atomic E-state index is 0.312. The van der Waals surface area contributed by atoms with Gasteiger partial charge in [0, 0.05) is 20.2 Å². The largest absolute Gasteiger partial charge is 0.444 e. The van der Waals surface area contributed by atoms with E-state index in [9.17, 15) is 9.18 Å². The molecule has 0 radical (unpaired) electrons. The number of hydrogen-bond acceptors (Lipinski definition) is 3. The summed E-state index contributed by atoms with van der Waals surface area (Å²) < 4.78 is 25.4. The number of carbonyl (C=O) groups excluding carboxylic acids is 1. The van der Waals surface area contributed by atoms with Gasteiger partial charge in [-0.15, -0.1) is 0 Å². The van der Waals surface area contributed by atoms with Crippen molar-refractivity contribution in [1.29, 1.82) is 0 Å². The van der Waals surface area contributed by atoms with Crippen molar-refractivity contribution in [2.45, 2.75) is 44.8 Å². The number of rotatable bonds is 2. The van der Waals surface area contributed by atoms with E-state index in [1.165, 1.54) is 6.07 Å². The van der Waals surface area contributed by atoms with Crippen LogP contribution in [-0.4, -0.2) is 36.8 Å². The molecule has 4 nitrogen and oxygen atoms in total. The zero-order chi connectivity index (χ0) is 17.3. The first-order valence-electron chi connectivity index (χ1n) is 7.65. The summed E-state index contributed by atoms with van der Waals surface area (Å²) in [5.74, 6) is -0.312. The Labute approximate surface area is 145 Å². The molecule has 2 rings (SSSR count). The van der Waals surface area contributed by atoms with Crippen molar-refractivity contribution in [3.8, 4) is 0 Å². The lowest BCUT2D eigenvalue weighted by Gasteiger charge is -2.41. The maximum atomic E-state index is 13.8. The fourth-order valence-electron chi connectivity index (χ4n) is 2.77. The average Bonchev–Trinajstić information content (AvgIpc) is 2.48. The highest BCUT2D eigenvalue weighted by Gasteiger charge is 2.39. The van der Waals surface area contributed by atoms with Gasteiger partial charge < -0.3 is 14.4 Å². The monoisotopic (exact) mass is 387 g/mol. The predicted molar refractivity (Wildman–Crippen MR) is 89.8 cm³/mol. The highest BCUT2D eigenvalue weighted by molar-refractivity contribution is 9.10. The second-order valence-electron chi connectivity index (χ2n) is 6.79. The molecule has 1 saturated heterocycles. The third-order valence-electron chi connectivity index (χ3n) is 4.06. The van der Waals surface area contributed by atoms with Crippen LogP contribution in [0.5, 0.6) is 0 Å². The molecule has 1 aliphatic heterocycles. The van der Waals surface area contributed by atoms with Crippen molar-refractivity contribution in [2.24, 2.45) is 0 Å². The summed E-state index contributed by atoms with van der Waals surface area (Å²) in [5.41, 5.74) is -0.286. The van der Waals surface area contributed by atoms with E-state index in [1.807, 2.05) is 26.8 Å². The smallest absolute Gasteiger partial charge is 0.410 e. The van der Waals surface area contributed by atoms with Crippen LogP contribution in [0.2, 0.25) is 0 Å². The summed E-state index contributed by atoms with van der Waals surface area (Å²) in [7, 11) is 1.63. The van der Waals surface area contributed by atoms with Gasteiger partial charge in [-0.2, -0.15) is 0 Å². The Morgan fingerprint density at radius 3 is 2.39 bits per heavy atom. The molecule has 1 aromatic rings. The van der Waals surface area contributed by atoms with Crippen molar-refractivity contribution in [1.82, 2.24) is 4.90 Å². The third kappa shape index (κ3) is 4.23. The number of likely N-dealkylation sites (tertiary alicyclic amines) is 1. The highest BCUT2D eigenvalue weighted by Crippen LogP contribution is 2.37. The molecule has 1 aliphatic rings. The van der Waals surface area contributed by atoms with Crippen LogP contribution in [0.1, 0.15) is 39.2 Å². The quantitative estimate of drug-likeness (QED) is 0.751. The molecule has 23 heavy (non-hydrogen) atoms. The zero-order valence-electron chi connectivity index (χ0n) is 14.0. The summed E-state index contributed by atoms with van der Waals surface area (Å²) in [6.07, 6.45) is 0.886. The number of ether oxygens (including phenoxy) is 2. The molecule has 1 aromatic carbocycles. The van der Waals surface area contributed by atoms with Crippen LogP contribution < -0.4 is 0 Å². The minimum atomic E-state index is -0.569. The second-order valence-corrected chi connectivity index (χ2v) is 7.65. The van der Waals surface area contributed by atoms with Crippen molar-refractivity contribution in [3.05, 3.63) is 34.1 Å². The van der Waals surface area contributed by atoms with E-state index in [1.54, 1.807) is 18.1 Å². The molecule has 0 unspecified atom stereocenters. The average molecular weight is 388 g/mol. The van der Waals surface area contributed by atoms with Crippen molar-refractivity contribution < 1.29 is 18.7 Å². The SMILES string of the molecule is COC1(c2ccc(Br)c(F)c2)CCN(C(=O)OC(C)(C)C)CC1. The molecule has 128 valence electrons. The van der Waals surface area contributed by atoms with Crippen LogP contribution in [0.15, 0.2) is 22.7 Å². The number of nitrogens with zero attached hydrogens (tertiary/aromatic N) is 1. The molecule has 0 spiro atoms. The molecule has 0 saturated carbocycles. The van der Waals surface area contributed by atoms with E-state index in [0.717, 1.165) is 5.56 Å². The fourth-order valence-corrected chi connectivity index (χ4v) is 3.01. The van der Waals surface area contributed by atoms with Crippen LogP contribution in [0, 0.1) is 5.82 Å². The summed E-state index contributed by atoms with van der Waals surface area (Å²) in [5, 5.41) is 0. The maximum Gasteiger partial charge on any atom is 0.410 e. The van der Waals surface area contributed by atoms with Crippen molar-refractivity contribution in [3.63, 3.8) is 0 Å². The van der Waals surface area contributed by atoms with Gasteiger partial charge in [0.15, 0.2) is 0 Å². The number of piperidine rings is 1. The fraction of sp³-hybridized carbons (Fsp3) is 0.588. The Bertz CT molecular complexity index is 578. The number of halogens is 2. The van der Waals surface area contributed by atoms with Crippen LogP contribution in [-0.2, 0) is 15.1 Å². The molecule has 1 amide bonds. The van der Waals surface area contributed by atoms with Crippen molar-refractivity contribution in [2.75, 3.05) is 20.2 Å². The van der Waals surface area contributed by atoms with E-state index in [0.29, 0.717) is 30.4 Å². The Kier molecular flexibility index (Phi) is 5.36. The minimum Gasteiger partial charge on any atom is -0.444 e. The first-order valence-corrected chi connectivity index (χ1v) is 8.45. The molecular formula is C17H23BrFNO3. The van der Waals surface area contributed by atoms with E-state index in [2.05, 4.69) is 15.9 Å². The molecule has 0 aliphatic carbocycles. The van der Waals surface area contributed by atoms with Crippen LogP contribution in [0.25, 0.3) is 0 Å². The van der Waals surface area contributed by atoms with Gasteiger partial charge in [0.05, 0.1) is 10.1 Å². The summed E-state index contributed by atoms with van der Waals surface area (Å²) in [6, 6.07) is 5.04. The van der Waals surface area contributed by atoms with Gasteiger partial charge in [-0.1, -0.05) is 6.07 Å². The van der Waals surface area contributed by atoms with Gasteiger partial charge in [-0.05, 0) is 67.2 Å².